The molecule has 0 radical (unpaired) electrons. The van der Waals surface area contributed by atoms with E-state index < -0.39 is 10.0 Å². The number of H-pyrrole nitrogens is 1. The Hall–Kier alpha value is -2.06. The van der Waals surface area contributed by atoms with Crippen LogP contribution in [0.4, 0.5) is 5.69 Å². The second kappa shape index (κ2) is 5.74. The number of nitrogens with two attached hydrogens (primary N) is 1. The van der Waals surface area contributed by atoms with E-state index in [2.05, 4.69) is 14.9 Å². The average Bonchev–Trinajstić information content (AvgIpc) is 2.80. The highest BCUT2D eigenvalue weighted by Gasteiger charge is 2.23. The molecule has 0 atom stereocenters. The Labute approximate surface area is 123 Å². The first-order valence-corrected chi connectivity index (χ1v) is 7.78. The molecule has 8 heteroatoms. The molecule has 7 nitrogen and oxygen atoms in total. The molecule has 0 aliphatic rings. The summed E-state index contributed by atoms with van der Waals surface area (Å²) in [5.74, 6) is 0.695. The number of hydrogen-bond donors (Lipinski definition) is 3. The molecule has 0 fully saturated rings. The van der Waals surface area contributed by atoms with Gasteiger partial charge in [0, 0.05) is 12.2 Å². The summed E-state index contributed by atoms with van der Waals surface area (Å²) >= 11 is 0. The molecule has 1 heterocycles. The van der Waals surface area contributed by atoms with Crippen LogP contribution >= 0.6 is 0 Å². The van der Waals surface area contributed by atoms with Crippen LogP contribution in [0.15, 0.2) is 23.1 Å². The first kappa shape index (κ1) is 15.3. The van der Waals surface area contributed by atoms with Crippen molar-refractivity contribution in [2.24, 2.45) is 5.73 Å². The Kier molecular flexibility index (Phi) is 4.19. The Balaban J connectivity index is 2.37. The number of ether oxygens (including phenoxy) is 1. The summed E-state index contributed by atoms with van der Waals surface area (Å²) in [7, 11) is -2.18. The lowest BCUT2D eigenvalue weighted by molar-refractivity contribution is 0.412. The standard InChI is InChI=1S/C13H18N4O3S/c1-8-6-10(4-5-12(8)20-3)17-21(18,19)13-9(2)15-16-11(13)7-14/h4-6,17H,7,14H2,1-3H3,(H,15,16). The molecule has 0 spiro atoms. The lowest BCUT2D eigenvalue weighted by atomic mass is 10.2. The molecular formula is C13H18N4O3S. The highest BCUT2D eigenvalue weighted by molar-refractivity contribution is 7.92. The number of hydrogen-bond acceptors (Lipinski definition) is 5. The molecule has 21 heavy (non-hydrogen) atoms. The summed E-state index contributed by atoms with van der Waals surface area (Å²) < 4.78 is 32.6. The van der Waals surface area contributed by atoms with E-state index in [1.165, 1.54) is 0 Å². The van der Waals surface area contributed by atoms with Crippen LogP contribution in [-0.2, 0) is 16.6 Å². The molecule has 0 aliphatic heterocycles. The molecule has 0 unspecified atom stereocenters. The van der Waals surface area contributed by atoms with Gasteiger partial charge in [0.15, 0.2) is 0 Å². The van der Waals surface area contributed by atoms with Gasteiger partial charge in [-0.25, -0.2) is 8.42 Å². The van der Waals surface area contributed by atoms with Gasteiger partial charge in [-0.05, 0) is 37.6 Å². The van der Waals surface area contributed by atoms with E-state index in [1.54, 1.807) is 32.2 Å². The fraction of sp³-hybridized carbons (Fsp3) is 0.308. The zero-order chi connectivity index (χ0) is 15.6. The quantitative estimate of drug-likeness (QED) is 0.771. The Morgan fingerprint density at radius 3 is 2.67 bits per heavy atom. The van der Waals surface area contributed by atoms with E-state index in [1.807, 2.05) is 6.92 Å². The fourth-order valence-corrected chi connectivity index (χ4v) is 3.54. The highest BCUT2D eigenvalue weighted by Crippen LogP contribution is 2.25. The van der Waals surface area contributed by atoms with Gasteiger partial charge in [0.05, 0.1) is 18.5 Å². The van der Waals surface area contributed by atoms with Gasteiger partial charge in [0.2, 0.25) is 0 Å². The Morgan fingerprint density at radius 1 is 1.38 bits per heavy atom. The minimum absolute atomic E-state index is 0.0439. The third-order valence-corrected chi connectivity index (χ3v) is 4.65. The van der Waals surface area contributed by atoms with Crippen LogP contribution in [0.3, 0.4) is 0 Å². The lowest BCUT2D eigenvalue weighted by Crippen LogP contribution is -2.16. The number of sulfonamides is 1. The zero-order valence-corrected chi connectivity index (χ0v) is 12.9. The molecular weight excluding hydrogens is 292 g/mol. The predicted octanol–water partition coefficient (Wildman–Crippen LogP) is 1.29. The van der Waals surface area contributed by atoms with Crippen LogP contribution in [0, 0.1) is 13.8 Å². The third kappa shape index (κ3) is 3.01. The van der Waals surface area contributed by atoms with Crippen molar-refractivity contribution in [1.29, 1.82) is 0 Å². The van der Waals surface area contributed by atoms with E-state index in [-0.39, 0.29) is 11.4 Å². The molecule has 1 aromatic carbocycles. The normalized spacial score (nSPS) is 11.4. The highest BCUT2D eigenvalue weighted by atomic mass is 32.2. The van der Waals surface area contributed by atoms with Gasteiger partial charge >= 0.3 is 0 Å². The summed E-state index contributed by atoms with van der Waals surface area (Å²) in [5.41, 5.74) is 7.58. The monoisotopic (exact) mass is 310 g/mol. The lowest BCUT2D eigenvalue weighted by Gasteiger charge is -2.11. The summed E-state index contributed by atoms with van der Waals surface area (Å²) in [6.07, 6.45) is 0. The smallest absolute Gasteiger partial charge is 0.265 e. The van der Waals surface area contributed by atoms with Gasteiger partial charge in [0.1, 0.15) is 10.6 Å². The predicted molar refractivity (Wildman–Crippen MR) is 79.8 cm³/mol. The van der Waals surface area contributed by atoms with Crippen LogP contribution in [-0.4, -0.2) is 25.7 Å². The second-order valence-electron chi connectivity index (χ2n) is 4.62. The SMILES string of the molecule is COc1ccc(NS(=O)(=O)c2c(CN)n[nH]c2C)cc1C. The van der Waals surface area contributed by atoms with Gasteiger partial charge in [-0.2, -0.15) is 5.10 Å². The summed E-state index contributed by atoms with van der Waals surface area (Å²) in [4.78, 5) is 0.0958. The number of benzene rings is 1. The first-order chi connectivity index (χ1) is 9.89. The van der Waals surface area contributed by atoms with Crippen molar-refractivity contribution < 1.29 is 13.2 Å². The number of nitrogens with zero attached hydrogens (tertiary/aromatic N) is 1. The van der Waals surface area contributed by atoms with Gasteiger partial charge in [-0.1, -0.05) is 0 Å². The van der Waals surface area contributed by atoms with Crippen molar-refractivity contribution in [3.63, 3.8) is 0 Å². The second-order valence-corrected chi connectivity index (χ2v) is 6.24. The minimum Gasteiger partial charge on any atom is -0.496 e. The van der Waals surface area contributed by atoms with E-state index in [4.69, 9.17) is 10.5 Å². The number of aromatic nitrogens is 2. The number of aryl methyl sites for hydroxylation is 2. The van der Waals surface area contributed by atoms with Gasteiger partial charge < -0.3 is 10.5 Å². The molecule has 0 amide bonds. The maximum atomic E-state index is 12.5. The maximum absolute atomic E-state index is 12.5. The molecule has 0 aliphatic carbocycles. The summed E-state index contributed by atoms with van der Waals surface area (Å²) in [6, 6.07) is 5.05. The number of methoxy groups -OCH3 is 1. The fourth-order valence-electron chi connectivity index (χ4n) is 2.11. The van der Waals surface area contributed by atoms with Gasteiger partial charge in [-0.3, -0.25) is 9.82 Å². The van der Waals surface area contributed by atoms with E-state index in [0.717, 1.165) is 5.56 Å². The van der Waals surface area contributed by atoms with Crippen LogP contribution in [0.25, 0.3) is 0 Å². The number of nitrogens with one attached hydrogen (secondary N) is 2. The van der Waals surface area contributed by atoms with Crippen LogP contribution in [0.1, 0.15) is 17.0 Å². The summed E-state index contributed by atoms with van der Waals surface area (Å²) in [5, 5.41) is 6.54. The average molecular weight is 310 g/mol. The van der Waals surface area contributed by atoms with E-state index >= 15 is 0 Å². The number of aromatic amines is 1. The van der Waals surface area contributed by atoms with Crippen molar-refractivity contribution in [3.8, 4) is 5.75 Å². The Bertz CT molecular complexity index is 753. The minimum atomic E-state index is -3.74. The molecule has 4 N–H and O–H groups in total. The van der Waals surface area contributed by atoms with Crippen molar-refractivity contribution in [3.05, 3.63) is 35.2 Å². The van der Waals surface area contributed by atoms with E-state index in [9.17, 15) is 8.42 Å². The molecule has 114 valence electrons. The van der Waals surface area contributed by atoms with Crippen LogP contribution in [0.2, 0.25) is 0 Å². The van der Waals surface area contributed by atoms with Crippen molar-refractivity contribution >= 4 is 15.7 Å². The van der Waals surface area contributed by atoms with Crippen molar-refractivity contribution in [2.75, 3.05) is 11.8 Å². The Morgan fingerprint density at radius 2 is 2.10 bits per heavy atom. The largest absolute Gasteiger partial charge is 0.496 e. The molecule has 2 rings (SSSR count). The van der Waals surface area contributed by atoms with E-state index in [0.29, 0.717) is 22.8 Å². The topological polar surface area (TPSA) is 110 Å². The zero-order valence-electron chi connectivity index (χ0n) is 12.1. The van der Waals surface area contributed by atoms with Gasteiger partial charge in [0.25, 0.3) is 10.0 Å². The number of rotatable bonds is 5. The van der Waals surface area contributed by atoms with Crippen LogP contribution < -0.4 is 15.2 Å². The first-order valence-electron chi connectivity index (χ1n) is 6.30. The summed E-state index contributed by atoms with van der Waals surface area (Å²) in [6.45, 7) is 3.52. The maximum Gasteiger partial charge on any atom is 0.265 e. The van der Waals surface area contributed by atoms with Crippen molar-refractivity contribution in [2.45, 2.75) is 25.3 Å². The van der Waals surface area contributed by atoms with Crippen LogP contribution in [0.5, 0.6) is 5.75 Å². The molecule has 1 aromatic heterocycles. The van der Waals surface area contributed by atoms with Gasteiger partial charge in [-0.15, -0.1) is 0 Å². The third-order valence-electron chi connectivity index (χ3n) is 3.07. The molecule has 0 saturated carbocycles. The molecule has 0 saturated heterocycles. The molecule has 2 aromatic rings. The van der Waals surface area contributed by atoms with Crippen molar-refractivity contribution in [1.82, 2.24) is 10.2 Å². The molecule has 0 bridgehead atoms. The number of anilines is 1.